The minimum atomic E-state index is 0.844. The number of rotatable bonds is 24. The van der Waals surface area contributed by atoms with Gasteiger partial charge >= 0.3 is 0 Å². The molecule has 0 saturated carbocycles. The Bertz CT molecular complexity index is 231. The van der Waals surface area contributed by atoms with Crippen molar-refractivity contribution in [2.24, 2.45) is 0 Å². The summed E-state index contributed by atoms with van der Waals surface area (Å²) in [6.45, 7) is 12.2. The molecule has 0 rings (SSSR count). The molecular formula is C28H60O2. The van der Waals surface area contributed by atoms with Gasteiger partial charge in [-0.1, -0.05) is 129 Å². The van der Waals surface area contributed by atoms with E-state index in [1.807, 2.05) is 13.8 Å². The van der Waals surface area contributed by atoms with Crippen LogP contribution in [0.5, 0.6) is 0 Å². The molecule has 0 aliphatic rings. The van der Waals surface area contributed by atoms with Crippen molar-refractivity contribution in [1.82, 2.24) is 0 Å². The van der Waals surface area contributed by atoms with Crippen LogP contribution in [0.15, 0.2) is 0 Å². The van der Waals surface area contributed by atoms with E-state index in [9.17, 15) is 0 Å². The van der Waals surface area contributed by atoms with Crippen molar-refractivity contribution in [1.29, 1.82) is 0 Å². The molecule has 0 saturated heterocycles. The molecule has 2 nitrogen and oxygen atoms in total. The van der Waals surface area contributed by atoms with E-state index in [-0.39, 0.29) is 0 Å². The number of hydrogen-bond acceptors (Lipinski definition) is 2. The van der Waals surface area contributed by atoms with Gasteiger partial charge < -0.3 is 9.47 Å². The monoisotopic (exact) mass is 428 g/mol. The Labute approximate surface area is 192 Å². The van der Waals surface area contributed by atoms with Crippen LogP contribution in [-0.2, 0) is 9.47 Å². The molecule has 184 valence electrons. The highest BCUT2D eigenvalue weighted by atomic mass is 16.5. The van der Waals surface area contributed by atoms with Crippen molar-refractivity contribution >= 4 is 0 Å². The zero-order chi connectivity index (χ0) is 22.4. The Morgan fingerprint density at radius 2 is 0.567 bits per heavy atom. The Kier molecular flexibility index (Phi) is 35.9. The fourth-order valence-electron chi connectivity index (χ4n) is 3.69. The molecule has 0 heterocycles. The summed E-state index contributed by atoms with van der Waals surface area (Å²) in [7, 11) is 0. The van der Waals surface area contributed by atoms with Crippen LogP contribution in [0, 0.1) is 0 Å². The van der Waals surface area contributed by atoms with Crippen molar-refractivity contribution in [3.8, 4) is 0 Å². The summed E-state index contributed by atoms with van der Waals surface area (Å²) < 4.78 is 10.6. The quantitative estimate of drug-likeness (QED) is 0.142. The van der Waals surface area contributed by atoms with Crippen molar-refractivity contribution in [3.05, 3.63) is 0 Å². The number of unbranched alkanes of at least 4 members (excludes halogenated alkanes) is 18. The van der Waals surface area contributed by atoms with E-state index >= 15 is 0 Å². The molecule has 0 aliphatic heterocycles. The summed E-state index contributed by atoms with van der Waals surface area (Å²) in [6, 6.07) is 0. The Balaban J connectivity index is 0. The van der Waals surface area contributed by atoms with Crippen LogP contribution >= 0.6 is 0 Å². The maximum Gasteiger partial charge on any atom is 0.0466 e. The summed E-state index contributed by atoms with van der Waals surface area (Å²) >= 11 is 0. The van der Waals surface area contributed by atoms with Gasteiger partial charge in [-0.05, 0) is 26.7 Å². The lowest BCUT2D eigenvalue weighted by Crippen LogP contribution is -1.97. The first-order valence-electron chi connectivity index (χ1n) is 14.0. The van der Waals surface area contributed by atoms with E-state index in [0.717, 1.165) is 26.4 Å². The zero-order valence-corrected chi connectivity index (χ0v) is 21.8. The highest BCUT2D eigenvalue weighted by molar-refractivity contribution is 4.49. The lowest BCUT2D eigenvalue weighted by molar-refractivity contribution is 0.125. The fourth-order valence-corrected chi connectivity index (χ4v) is 3.69. The maximum absolute atomic E-state index is 5.78. The van der Waals surface area contributed by atoms with E-state index < -0.39 is 0 Å². The lowest BCUT2D eigenvalue weighted by atomic mass is 10.1. The molecule has 0 N–H and O–H groups in total. The molecule has 0 aromatic carbocycles. The maximum atomic E-state index is 5.78. The van der Waals surface area contributed by atoms with Gasteiger partial charge in [0, 0.05) is 26.4 Å². The average molecular weight is 429 g/mol. The average Bonchev–Trinajstić information content (AvgIpc) is 2.76. The van der Waals surface area contributed by atoms with E-state index in [4.69, 9.17) is 9.47 Å². The van der Waals surface area contributed by atoms with Crippen LogP contribution in [0.4, 0.5) is 0 Å². The standard InChI is InChI=1S/C24H50O.C4H10O/c1-3-5-7-9-11-13-15-17-19-21-23-25-24-22-20-18-16-14-12-10-8-6-4-2;1-3-5-4-2/h3-24H2,1-2H3;3-4H2,1-2H3. The molecule has 0 atom stereocenters. The van der Waals surface area contributed by atoms with Gasteiger partial charge in [-0.3, -0.25) is 0 Å². The summed E-state index contributed by atoms with van der Waals surface area (Å²) in [6.07, 6.45) is 28.2. The Morgan fingerprint density at radius 3 is 0.800 bits per heavy atom. The molecule has 0 fully saturated rings. The predicted octanol–water partition coefficient (Wildman–Crippen LogP) is 9.89. The minimum Gasteiger partial charge on any atom is -0.382 e. The van der Waals surface area contributed by atoms with Crippen molar-refractivity contribution in [3.63, 3.8) is 0 Å². The Hall–Kier alpha value is -0.0800. The smallest absolute Gasteiger partial charge is 0.0466 e. The predicted molar refractivity (Wildman–Crippen MR) is 137 cm³/mol. The molecule has 0 aromatic heterocycles. The normalized spacial score (nSPS) is 10.8. The van der Waals surface area contributed by atoms with Crippen LogP contribution in [-0.4, -0.2) is 26.4 Å². The fraction of sp³-hybridized carbons (Fsp3) is 1.00. The molecule has 0 amide bonds. The third-order valence-electron chi connectivity index (χ3n) is 5.69. The van der Waals surface area contributed by atoms with Crippen LogP contribution in [0.3, 0.4) is 0 Å². The second-order valence-corrected chi connectivity index (χ2v) is 8.76. The summed E-state index contributed by atoms with van der Waals surface area (Å²) in [5, 5.41) is 0. The number of ether oxygens (including phenoxy) is 2. The van der Waals surface area contributed by atoms with Gasteiger partial charge in [0.15, 0.2) is 0 Å². The topological polar surface area (TPSA) is 18.5 Å². The minimum absolute atomic E-state index is 0.844. The molecule has 0 spiro atoms. The van der Waals surface area contributed by atoms with Gasteiger partial charge in [0.1, 0.15) is 0 Å². The lowest BCUT2D eigenvalue weighted by Gasteiger charge is -2.05. The molecular weight excluding hydrogens is 368 g/mol. The van der Waals surface area contributed by atoms with Gasteiger partial charge in [0.05, 0.1) is 0 Å². The molecule has 0 aliphatic carbocycles. The van der Waals surface area contributed by atoms with Gasteiger partial charge in [-0.2, -0.15) is 0 Å². The summed E-state index contributed by atoms with van der Waals surface area (Å²) in [5.74, 6) is 0. The third-order valence-corrected chi connectivity index (χ3v) is 5.69. The van der Waals surface area contributed by atoms with E-state index in [2.05, 4.69) is 13.8 Å². The first-order chi connectivity index (χ1) is 14.8. The van der Waals surface area contributed by atoms with Crippen LogP contribution in [0.1, 0.15) is 156 Å². The Morgan fingerprint density at radius 1 is 0.300 bits per heavy atom. The highest BCUT2D eigenvalue weighted by Gasteiger charge is 1.95. The van der Waals surface area contributed by atoms with E-state index in [0.29, 0.717) is 0 Å². The second kappa shape index (κ2) is 33.6. The molecule has 0 bridgehead atoms. The molecule has 0 aromatic rings. The third kappa shape index (κ3) is 35.4. The molecule has 0 radical (unpaired) electrons. The van der Waals surface area contributed by atoms with Gasteiger partial charge in [0.2, 0.25) is 0 Å². The SMILES string of the molecule is CCCCCCCCCCCCOCCCCCCCCCCCC.CCOCC. The van der Waals surface area contributed by atoms with Crippen molar-refractivity contribution in [2.45, 2.75) is 156 Å². The molecule has 2 heteroatoms. The van der Waals surface area contributed by atoms with Gasteiger partial charge in [0.25, 0.3) is 0 Å². The van der Waals surface area contributed by atoms with Crippen LogP contribution in [0.25, 0.3) is 0 Å². The van der Waals surface area contributed by atoms with Crippen LogP contribution < -0.4 is 0 Å². The number of hydrogen-bond donors (Lipinski definition) is 0. The van der Waals surface area contributed by atoms with E-state index in [1.165, 1.54) is 128 Å². The first-order valence-corrected chi connectivity index (χ1v) is 14.0. The van der Waals surface area contributed by atoms with E-state index in [1.54, 1.807) is 0 Å². The highest BCUT2D eigenvalue weighted by Crippen LogP contribution is 2.12. The largest absolute Gasteiger partial charge is 0.382 e. The van der Waals surface area contributed by atoms with Crippen molar-refractivity contribution < 1.29 is 9.47 Å². The molecule has 30 heavy (non-hydrogen) atoms. The zero-order valence-electron chi connectivity index (χ0n) is 21.8. The molecule has 0 unspecified atom stereocenters. The van der Waals surface area contributed by atoms with Crippen molar-refractivity contribution in [2.75, 3.05) is 26.4 Å². The first kappa shape index (κ1) is 32.1. The summed E-state index contributed by atoms with van der Waals surface area (Å²) in [5.41, 5.74) is 0. The second-order valence-electron chi connectivity index (χ2n) is 8.76. The van der Waals surface area contributed by atoms with Gasteiger partial charge in [-0.25, -0.2) is 0 Å². The van der Waals surface area contributed by atoms with Crippen LogP contribution in [0.2, 0.25) is 0 Å². The van der Waals surface area contributed by atoms with Gasteiger partial charge in [-0.15, -0.1) is 0 Å². The summed E-state index contributed by atoms with van der Waals surface area (Å²) in [4.78, 5) is 0.